The quantitative estimate of drug-likeness (QED) is 0.505. The minimum absolute atomic E-state index is 0.322. The molecule has 0 unspecified atom stereocenters. The fraction of sp³-hybridized carbons (Fsp3) is 0.250. The van der Waals surface area contributed by atoms with E-state index in [1.807, 2.05) is 12.1 Å². The average molecular weight is 348 g/mol. The summed E-state index contributed by atoms with van der Waals surface area (Å²) < 4.78 is 5.67. The van der Waals surface area contributed by atoms with Crippen molar-refractivity contribution >= 4 is 0 Å². The largest absolute Gasteiger partial charge is 0.508 e. The second-order valence-electron chi connectivity index (χ2n) is 6.17. The molecule has 136 valence electrons. The lowest BCUT2D eigenvalue weighted by Crippen LogP contribution is -1.96. The maximum Gasteiger partial charge on any atom is 0.115 e. The highest BCUT2D eigenvalue weighted by atomic mass is 16.5. The van der Waals surface area contributed by atoms with Gasteiger partial charge in [-0.2, -0.15) is 0 Å². The standard InChI is InChI=1S/C18H22O.C6H6O/c1-4-10-17(11-5-1)12-8-3-9-15-19-16-18-13-6-2-7-14-18;7-6-4-2-1-3-5-6/h1-2,4-7,10-11,13-14H,3,8-9,12,15-16H2;1-5,7H. The molecule has 26 heavy (non-hydrogen) atoms. The first-order valence-electron chi connectivity index (χ1n) is 9.24. The van der Waals surface area contributed by atoms with E-state index in [1.54, 1.807) is 24.3 Å². The Kier molecular flexibility index (Phi) is 9.67. The molecular weight excluding hydrogens is 320 g/mol. The fourth-order valence-corrected chi connectivity index (χ4v) is 2.55. The third kappa shape index (κ3) is 9.05. The Hall–Kier alpha value is -2.58. The molecule has 0 heterocycles. The monoisotopic (exact) mass is 348 g/mol. The van der Waals surface area contributed by atoms with Crippen LogP contribution in [0.1, 0.15) is 30.4 Å². The van der Waals surface area contributed by atoms with Crippen molar-refractivity contribution in [2.24, 2.45) is 0 Å². The maximum atomic E-state index is 8.63. The van der Waals surface area contributed by atoms with Gasteiger partial charge in [0.15, 0.2) is 0 Å². The zero-order valence-electron chi connectivity index (χ0n) is 15.3. The smallest absolute Gasteiger partial charge is 0.115 e. The van der Waals surface area contributed by atoms with Gasteiger partial charge >= 0.3 is 0 Å². The van der Waals surface area contributed by atoms with Gasteiger partial charge in [-0.05, 0) is 42.5 Å². The molecule has 0 aromatic heterocycles. The number of aryl methyl sites for hydroxylation is 1. The third-order valence-corrected chi connectivity index (χ3v) is 3.96. The van der Waals surface area contributed by atoms with Gasteiger partial charge in [-0.15, -0.1) is 0 Å². The molecule has 2 heteroatoms. The van der Waals surface area contributed by atoms with E-state index in [-0.39, 0.29) is 0 Å². The molecule has 0 amide bonds. The van der Waals surface area contributed by atoms with E-state index in [9.17, 15) is 0 Å². The van der Waals surface area contributed by atoms with Crippen LogP contribution in [0.3, 0.4) is 0 Å². The topological polar surface area (TPSA) is 29.5 Å². The molecular formula is C24H28O2. The molecule has 0 radical (unpaired) electrons. The molecule has 3 rings (SSSR count). The molecule has 0 aliphatic heterocycles. The van der Waals surface area contributed by atoms with Crippen molar-refractivity contribution in [1.82, 2.24) is 0 Å². The van der Waals surface area contributed by atoms with Crippen molar-refractivity contribution in [2.75, 3.05) is 6.61 Å². The Morgan fingerprint density at radius 1 is 0.577 bits per heavy atom. The normalized spacial score (nSPS) is 10.0. The molecule has 1 N–H and O–H groups in total. The minimum atomic E-state index is 0.322. The van der Waals surface area contributed by atoms with E-state index in [0.717, 1.165) is 19.6 Å². The van der Waals surface area contributed by atoms with Gasteiger partial charge in [0.05, 0.1) is 6.61 Å². The van der Waals surface area contributed by atoms with Crippen LogP contribution in [0.4, 0.5) is 0 Å². The SMILES string of the molecule is Oc1ccccc1.c1ccc(CCCCCOCc2ccccc2)cc1. The molecule has 0 bridgehead atoms. The van der Waals surface area contributed by atoms with Crippen molar-refractivity contribution in [3.05, 3.63) is 102 Å². The summed E-state index contributed by atoms with van der Waals surface area (Å²) in [7, 11) is 0. The van der Waals surface area contributed by atoms with Crippen LogP contribution in [0.25, 0.3) is 0 Å². The van der Waals surface area contributed by atoms with E-state index in [0.29, 0.717) is 5.75 Å². The highest BCUT2D eigenvalue weighted by molar-refractivity contribution is 5.18. The Morgan fingerprint density at radius 3 is 1.65 bits per heavy atom. The Labute approximate surface area is 157 Å². The summed E-state index contributed by atoms with van der Waals surface area (Å²) in [6, 6.07) is 29.8. The predicted molar refractivity (Wildman–Crippen MR) is 108 cm³/mol. The average Bonchev–Trinajstić information content (AvgIpc) is 2.70. The number of rotatable bonds is 8. The van der Waals surface area contributed by atoms with Gasteiger partial charge in [-0.1, -0.05) is 85.3 Å². The molecule has 2 nitrogen and oxygen atoms in total. The van der Waals surface area contributed by atoms with Crippen molar-refractivity contribution < 1.29 is 9.84 Å². The highest BCUT2D eigenvalue weighted by Crippen LogP contribution is 2.07. The number of aromatic hydroxyl groups is 1. The first-order valence-corrected chi connectivity index (χ1v) is 9.24. The van der Waals surface area contributed by atoms with E-state index in [4.69, 9.17) is 9.84 Å². The summed E-state index contributed by atoms with van der Waals surface area (Å²) in [4.78, 5) is 0. The molecule has 0 aliphatic carbocycles. The third-order valence-electron chi connectivity index (χ3n) is 3.96. The Bertz CT molecular complexity index is 638. The van der Waals surface area contributed by atoms with Crippen LogP contribution in [-0.2, 0) is 17.8 Å². The lowest BCUT2D eigenvalue weighted by atomic mass is 10.1. The van der Waals surface area contributed by atoms with Gasteiger partial charge in [-0.3, -0.25) is 0 Å². The number of ether oxygens (including phenoxy) is 1. The number of phenols is 1. The lowest BCUT2D eigenvalue weighted by molar-refractivity contribution is 0.117. The van der Waals surface area contributed by atoms with Crippen LogP contribution in [0.2, 0.25) is 0 Å². The van der Waals surface area contributed by atoms with Gasteiger partial charge in [0, 0.05) is 6.61 Å². The van der Waals surface area contributed by atoms with Crippen LogP contribution >= 0.6 is 0 Å². The summed E-state index contributed by atoms with van der Waals surface area (Å²) in [6.07, 6.45) is 4.82. The number of para-hydroxylation sites is 1. The first kappa shape index (κ1) is 19.7. The number of phenolic OH excluding ortho intramolecular Hbond substituents is 1. The summed E-state index contributed by atoms with van der Waals surface area (Å²) in [5, 5.41) is 8.63. The van der Waals surface area contributed by atoms with E-state index >= 15 is 0 Å². The van der Waals surface area contributed by atoms with Crippen molar-refractivity contribution in [2.45, 2.75) is 32.3 Å². The molecule has 0 saturated carbocycles. The zero-order valence-corrected chi connectivity index (χ0v) is 15.3. The number of benzene rings is 3. The molecule has 3 aromatic rings. The number of hydrogen-bond acceptors (Lipinski definition) is 2. The van der Waals surface area contributed by atoms with Gasteiger partial charge in [0.1, 0.15) is 5.75 Å². The number of unbranched alkanes of at least 4 members (excludes halogenated alkanes) is 2. The Balaban J connectivity index is 0.000000290. The second-order valence-corrected chi connectivity index (χ2v) is 6.17. The summed E-state index contributed by atoms with van der Waals surface area (Å²) in [5.41, 5.74) is 2.69. The maximum absolute atomic E-state index is 8.63. The number of hydrogen-bond donors (Lipinski definition) is 1. The van der Waals surface area contributed by atoms with Gasteiger partial charge in [-0.25, -0.2) is 0 Å². The molecule has 0 aliphatic rings. The van der Waals surface area contributed by atoms with Gasteiger partial charge < -0.3 is 9.84 Å². The predicted octanol–water partition coefficient (Wildman–Crippen LogP) is 6.01. The molecule has 0 saturated heterocycles. The summed E-state index contributed by atoms with van der Waals surface area (Å²) in [5.74, 6) is 0.322. The van der Waals surface area contributed by atoms with E-state index in [1.165, 1.54) is 30.4 Å². The van der Waals surface area contributed by atoms with Crippen LogP contribution < -0.4 is 0 Å². The van der Waals surface area contributed by atoms with Crippen LogP contribution in [0.5, 0.6) is 5.75 Å². The zero-order chi connectivity index (χ0) is 18.3. The first-order chi connectivity index (χ1) is 12.8. The van der Waals surface area contributed by atoms with E-state index < -0.39 is 0 Å². The molecule has 0 fully saturated rings. The van der Waals surface area contributed by atoms with Gasteiger partial charge in [0.25, 0.3) is 0 Å². The fourth-order valence-electron chi connectivity index (χ4n) is 2.55. The minimum Gasteiger partial charge on any atom is -0.508 e. The van der Waals surface area contributed by atoms with Crippen LogP contribution in [0, 0.1) is 0 Å². The molecule has 0 atom stereocenters. The highest BCUT2D eigenvalue weighted by Gasteiger charge is 1.94. The molecule has 3 aromatic carbocycles. The summed E-state index contributed by atoms with van der Waals surface area (Å²) in [6.45, 7) is 1.60. The van der Waals surface area contributed by atoms with Crippen LogP contribution in [-0.4, -0.2) is 11.7 Å². The Morgan fingerprint density at radius 2 is 1.12 bits per heavy atom. The lowest BCUT2D eigenvalue weighted by Gasteiger charge is -2.04. The van der Waals surface area contributed by atoms with E-state index in [2.05, 4.69) is 54.6 Å². The van der Waals surface area contributed by atoms with Crippen LogP contribution in [0.15, 0.2) is 91.0 Å². The molecule has 0 spiro atoms. The van der Waals surface area contributed by atoms with Crippen molar-refractivity contribution in [1.29, 1.82) is 0 Å². The summed E-state index contributed by atoms with van der Waals surface area (Å²) >= 11 is 0. The van der Waals surface area contributed by atoms with Crippen molar-refractivity contribution in [3.63, 3.8) is 0 Å². The van der Waals surface area contributed by atoms with Gasteiger partial charge in [0.2, 0.25) is 0 Å². The van der Waals surface area contributed by atoms with Crippen molar-refractivity contribution in [3.8, 4) is 5.75 Å². The second kappa shape index (κ2) is 12.7.